The maximum atomic E-state index is 5.14. The molecule has 0 bridgehead atoms. The molecule has 0 N–H and O–H groups in total. The minimum Gasteiger partial charge on any atom is -0.340 e. The topological polar surface area (TPSA) is 32.6 Å². The molecule has 4 heterocycles. The Morgan fingerprint density at radius 2 is 0.676 bits per heavy atom. The third kappa shape index (κ3) is 8.02. The molecule has 0 aliphatic carbocycles. The zero-order chi connectivity index (χ0) is 51.6. The van der Waals surface area contributed by atoms with Crippen LogP contribution in [0.1, 0.15) is 118 Å². The SMILES string of the molecule is CC(C)(C)c1ccc2c(c1)c1cc(C(C)(C)C)ccc1n2-c1ccc2c(c1)c1cc(-n3c4ccc(C(C)(C)C)cc4c4cc(C(C)(C)C)ccc43)ccc1n2CCCCn1c(-c2ccccc2)nc2ccccc21. The van der Waals surface area contributed by atoms with Crippen LogP contribution < -0.4 is 0 Å². The summed E-state index contributed by atoms with van der Waals surface area (Å²) in [5, 5.41) is 7.76. The number of rotatable bonds is 8. The minimum atomic E-state index is 0.0273. The summed E-state index contributed by atoms with van der Waals surface area (Å²) in [6.45, 7) is 29.6. The van der Waals surface area contributed by atoms with E-state index in [9.17, 15) is 0 Å². The van der Waals surface area contributed by atoms with E-state index in [1.54, 1.807) is 0 Å². The van der Waals surface area contributed by atoms with Crippen molar-refractivity contribution in [2.75, 3.05) is 0 Å². The number of aryl methyl sites for hydroxylation is 2. The molecule has 8 aromatic carbocycles. The summed E-state index contributed by atoms with van der Waals surface area (Å²) < 4.78 is 10.1. The van der Waals surface area contributed by atoms with Gasteiger partial charge in [0.2, 0.25) is 0 Å². The predicted octanol–water partition coefficient (Wildman–Crippen LogP) is 18.7. The van der Waals surface area contributed by atoms with Gasteiger partial charge in [-0.25, -0.2) is 4.98 Å². The van der Waals surface area contributed by atoms with Gasteiger partial charge >= 0.3 is 0 Å². The van der Waals surface area contributed by atoms with E-state index in [-0.39, 0.29) is 21.7 Å². The lowest BCUT2D eigenvalue weighted by atomic mass is 9.85. The highest BCUT2D eigenvalue weighted by atomic mass is 15.1. The normalized spacial score (nSPS) is 13.1. The van der Waals surface area contributed by atoms with Crippen LogP contribution in [0, 0.1) is 0 Å². The van der Waals surface area contributed by atoms with E-state index in [1.807, 2.05) is 0 Å². The Kier molecular flexibility index (Phi) is 11.0. The van der Waals surface area contributed by atoms with Crippen LogP contribution in [0.5, 0.6) is 0 Å². The summed E-state index contributed by atoms with van der Waals surface area (Å²) in [6.07, 6.45) is 2.03. The zero-order valence-electron chi connectivity index (χ0n) is 45.7. The van der Waals surface area contributed by atoms with Crippen LogP contribution in [-0.4, -0.2) is 23.3 Å². The van der Waals surface area contributed by atoms with Gasteiger partial charge in [-0.3, -0.25) is 0 Å². The molecule has 0 saturated heterocycles. The van der Waals surface area contributed by atoms with Crippen LogP contribution >= 0.6 is 0 Å². The lowest BCUT2D eigenvalue weighted by Gasteiger charge is -2.19. The summed E-state index contributed by atoms with van der Waals surface area (Å²) in [6, 6.07) is 62.3. The average molecular weight is 970 g/mol. The Bertz CT molecular complexity index is 3810. The fourth-order valence-corrected chi connectivity index (χ4v) is 11.7. The maximum Gasteiger partial charge on any atom is 0.141 e. The third-order valence-electron chi connectivity index (χ3n) is 16.0. The molecule has 0 saturated carbocycles. The van der Waals surface area contributed by atoms with Gasteiger partial charge in [0, 0.05) is 73.4 Å². The van der Waals surface area contributed by atoms with Crippen LogP contribution in [0.25, 0.3) is 99.2 Å². The molecule has 0 aliphatic rings. The molecule has 0 amide bonds. The first-order valence-electron chi connectivity index (χ1n) is 27.0. The third-order valence-corrected chi connectivity index (χ3v) is 16.0. The number of imidazole rings is 1. The van der Waals surface area contributed by atoms with Gasteiger partial charge in [-0.2, -0.15) is 0 Å². The van der Waals surface area contributed by atoms with Crippen molar-refractivity contribution in [2.24, 2.45) is 0 Å². The lowest BCUT2D eigenvalue weighted by Crippen LogP contribution is -2.10. The van der Waals surface area contributed by atoms with Crippen LogP contribution in [0.3, 0.4) is 0 Å². The van der Waals surface area contributed by atoms with Gasteiger partial charge in [-0.15, -0.1) is 0 Å². The molecule has 0 atom stereocenters. The van der Waals surface area contributed by atoms with E-state index >= 15 is 0 Å². The summed E-state index contributed by atoms with van der Waals surface area (Å²) >= 11 is 0. The largest absolute Gasteiger partial charge is 0.340 e. The zero-order valence-corrected chi connectivity index (χ0v) is 45.7. The number of fused-ring (bicyclic) bond motifs is 10. The Labute approximate surface area is 437 Å². The summed E-state index contributed by atoms with van der Waals surface area (Å²) in [5.41, 5.74) is 18.7. The van der Waals surface area contributed by atoms with E-state index in [0.29, 0.717) is 0 Å². The number of benzene rings is 8. The molecule has 5 heteroatoms. The van der Waals surface area contributed by atoms with Gasteiger partial charge < -0.3 is 18.3 Å². The molecule has 0 aliphatic heterocycles. The molecule has 12 aromatic rings. The number of hydrogen-bond donors (Lipinski definition) is 0. The number of para-hydroxylation sites is 2. The number of unbranched alkanes of at least 4 members (excludes halogenated alkanes) is 1. The molecule has 372 valence electrons. The second-order valence-electron chi connectivity index (χ2n) is 25.3. The van der Waals surface area contributed by atoms with E-state index in [2.05, 4.69) is 265 Å². The molecular formula is C69H71N5. The molecule has 0 spiro atoms. The van der Waals surface area contributed by atoms with Crippen molar-refractivity contribution in [1.82, 2.24) is 23.3 Å². The van der Waals surface area contributed by atoms with Crippen LogP contribution in [0.4, 0.5) is 0 Å². The van der Waals surface area contributed by atoms with Crippen molar-refractivity contribution in [2.45, 2.75) is 131 Å². The second kappa shape index (κ2) is 17.1. The maximum absolute atomic E-state index is 5.14. The Morgan fingerprint density at radius 3 is 1.08 bits per heavy atom. The van der Waals surface area contributed by atoms with E-state index in [1.165, 1.54) is 105 Å². The van der Waals surface area contributed by atoms with Crippen molar-refractivity contribution in [3.8, 4) is 22.8 Å². The first kappa shape index (κ1) is 47.6. The Hall–Kier alpha value is -7.37. The van der Waals surface area contributed by atoms with Gasteiger partial charge in [-0.1, -0.05) is 150 Å². The van der Waals surface area contributed by atoms with Gasteiger partial charge in [0.25, 0.3) is 0 Å². The molecule has 0 radical (unpaired) electrons. The number of hydrogen-bond acceptors (Lipinski definition) is 1. The van der Waals surface area contributed by atoms with Crippen molar-refractivity contribution >= 4 is 76.5 Å². The summed E-state index contributed by atoms with van der Waals surface area (Å²) in [5.74, 6) is 1.03. The Balaban J connectivity index is 1.04. The molecule has 4 aromatic heterocycles. The van der Waals surface area contributed by atoms with Gasteiger partial charge in [0.05, 0.1) is 33.1 Å². The highest BCUT2D eigenvalue weighted by Gasteiger charge is 2.25. The number of aromatic nitrogens is 5. The number of nitrogens with zero attached hydrogens (tertiary/aromatic N) is 5. The molecular weight excluding hydrogens is 899 g/mol. The Morgan fingerprint density at radius 1 is 0.324 bits per heavy atom. The van der Waals surface area contributed by atoms with Crippen LogP contribution in [0.2, 0.25) is 0 Å². The van der Waals surface area contributed by atoms with Crippen molar-refractivity contribution < 1.29 is 0 Å². The fraction of sp³-hybridized carbons (Fsp3) is 0.290. The van der Waals surface area contributed by atoms with Gasteiger partial charge in [-0.05, 0) is 154 Å². The van der Waals surface area contributed by atoms with Crippen LogP contribution in [0.15, 0.2) is 164 Å². The highest BCUT2D eigenvalue weighted by molar-refractivity contribution is 6.14. The molecule has 0 fully saturated rings. The summed E-state index contributed by atoms with van der Waals surface area (Å²) in [4.78, 5) is 5.14. The second-order valence-corrected chi connectivity index (χ2v) is 25.3. The predicted molar refractivity (Wildman–Crippen MR) is 317 cm³/mol. The van der Waals surface area contributed by atoms with E-state index in [4.69, 9.17) is 4.98 Å². The quantitative estimate of drug-likeness (QED) is 0.140. The van der Waals surface area contributed by atoms with Gasteiger partial charge in [0.1, 0.15) is 5.82 Å². The van der Waals surface area contributed by atoms with Crippen molar-refractivity contribution in [3.63, 3.8) is 0 Å². The smallest absolute Gasteiger partial charge is 0.141 e. The van der Waals surface area contributed by atoms with Crippen LogP contribution in [-0.2, 0) is 34.7 Å². The van der Waals surface area contributed by atoms with Crippen molar-refractivity contribution in [3.05, 3.63) is 186 Å². The van der Waals surface area contributed by atoms with E-state index < -0.39 is 0 Å². The minimum absolute atomic E-state index is 0.0273. The molecule has 5 nitrogen and oxygen atoms in total. The fourth-order valence-electron chi connectivity index (χ4n) is 11.7. The van der Waals surface area contributed by atoms with Crippen molar-refractivity contribution in [1.29, 1.82) is 0 Å². The molecule has 12 rings (SSSR count). The monoisotopic (exact) mass is 970 g/mol. The standard InChI is InChI=1S/C69H71N5/c1-66(2,3)45-24-30-60-51(38-45)52-39-46(67(4,5)6)25-31-61(52)73(60)49-28-34-58-55(42-49)56-43-50(74-62-32-26-47(68(7,8)9)40-53(62)54-41-48(69(10,11)12)27-33-63(54)74)29-35-59(56)71(58)36-18-19-37-72-64-23-17-16-22-57(64)70-65(72)44-20-14-13-15-21-44/h13-17,20-35,38-43H,18-19,36-37H2,1-12H3. The molecule has 74 heavy (non-hydrogen) atoms. The molecule has 0 unspecified atom stereocenters. The van der Waals surface area contributed by atoms with Gasteiger partial charge in [0.15, 0.2) is 0 Å². The van der Waals surface area contributed by atoms with E-state index in [0.717, 1.165) is 42.8 Å². The highest BCUT2D eigenvalue weighted by Crippen LogP contribution is 2.42. The first-order valence-corrected chi connectivity index (χ1v) is 27.0. The average Bonchev–Trinajstić information content (AvgIpc) is 4.11. The summed E-state index contributed by atoms with van der Waals surface area (Å²) in [7, 11) is 0. The first-order chi connectivity index (χ1) is 35.2. The lowest BCUT2D eigenvalue weighted by molar-refractivity contribution is 0.577.